The third kappa shape index (κ3) is 1.33. The topological polar surface area (TPSA) is 37.4 Å². The van der Waals surface area contributed by atoms with Gasteiger partial charge < -0.3 is 4.81 Å². The molecule has 1 radical (unpaired) electrons. The van der Waals surface area contributed by atoms with Crippen LogP contribution in [0.1, 0.15) is 20.7 Å². The molecule has 3 nitrogen and oxygen atoms in total. The number of benzene rings is 1. The van der Waals surface area contributed by atoms with Crippen LogP contribution in [0.3, 0.4) is 0 Å². The fourth-order valence-electron chi connectivity index (χ4n) is 1.52. The van der Waals surface area contributed by atoms with E-state index in [0.29, 0.717) is 17.4 Å². The molecule has 0 saturated carbocycles. The number of rotatable bonds is 0. The number of carbonyl (C=O) groups excluding carboxylic acids is 2. The lowest BCUT2D eigenvalue weighted by molar-refractivity contribution is 0.0880. The molecule has 1 amide bonds. The summed E-state index contributed by atoms with van der Waals surface area (Å²) in [6.45, 7) is 0. The Labute approximate surface area is 83.0 Å². The van der Waals surface area contributed by atoms with Crippen molar-refractivity contribution < 1.29 is 9.59 Å². The van der Waals surface area contributed by atoms with Gasteiger partial charge in [0.25, 0.3) is 7.41 Å². The first-order valence-electron chi connectivity index (χ1n) is 4.43. The Morgan fingerprint density at radius 2 is 1.86 bits per heavy atom. The molecular weight excluding hydrogens is 177 g/mol. The molecule has 0 fully saturated rings. The summed E-state index contributed by atoms with van der Waals surface area (Å²) >= 11 is 0. The summed E-state index contributed by atoms with van der Waals surface area (Å²) in [6.07, 6.45) is 0.291. The fourth-order valence-corrected chi connectivity index (χ4v) is 1.52. The van der Waals surface area contributed by atoms with E-state index < -0.39 is 0 Å². The van der Waals surface area contributed by atoms with Crippen molar-refractivity contribution in [3.8, 4) is 0 Å². The first-order chi connectivity index (χ1) is 6.70. The third-order valence-corrected chi connectivity index (χ3v) is 2.33. The first kappa shape index (κ1) is 9.00. The zero-order valence-electron chi connectivity index (χ0n) is 7.86. The maximum Gasteiger partial charge on any atom is 0.258 e. The molecule has 0 aromatic heterocycles. The fraction of sp³-hybridized carbons (Fsp3) is 0.200. The van der Waals surface area contributed by atoms with Gasteiger partial charge in [0.2, 0.25) is 5.91 Å². The van der Waals surface area contributed by atoms with Gasteiger partial charge in [0.05, 0.1) is 0 Å². The Kier molecular flexibility index (Phi) is 2.12. The number of hydrogen-bond acceptors (Lipinski definition) is 2. The molecule has 4 heteroatoms. The van der Waals surface area contributed by atoms with Gasteiger partial charge in [-0.15, -0.1) is 0 Å². The van der Waals surface area contributed by atoms with Gasteiger partial charge in [0.15, 0.2) is 5.78 Å². The van der Waals surface area contributed by atoms with E-state index in [-0.39, 0.29) is 11.7 Å². The summed E-state index contributed by atoms with van der Waals surface area (Å²) in [5.41, 5.74) is 1.02. The predicted molar refractivity (Wildman–Crippen MR) is 53.4 cm³/mol. The Bertz CT molecular complexity index is 403. The molecule has 0 atom stereocenters. The number of ketones is 1. The van der Waals surface area contributed by atoms with E-state index >= 15 is 0 Å². The minimum atomic E-state index is -0.119. The second-order valence-corrected chi connectivity index (χ2v) is 3.27. The molecule has 1 aliphatic heterocycles. The van der Waals surface area contributed by atoms with E-state index in [1.165, 1.54) is 4.81 Å². The quantitative estimate of drug-likeness (QED) is 0.566. The zero-order chi connectivity index (χ0) is 10.1. The molecule has 2 rings (SSSR count). The number of hydrogen-bond donors (Lipinski definition) is 0. The van der Waals surface area contributed by atoms with Crippen molar-refractivity contribution in [1.82, 2.24) is 4.81 Å². The van der Waals surface area contributed by atoms with Gasteiger partial charge in [-0.05, 0) is 13.1 Å². The summed E-state index contributed by atoms with van der Waals surface area (Å²) < 4.78 is 0. The standard InChI is InChI=1S/C10H9BNO2/c1-12-10(14)8-5-3-2-4-7(8)9(13)6-11-12/h2-5H,6H2,1H3. The molecule has 1 aromatic rings. The maximum atomic E-state index is 11.7. The van der Waals surface area contributed by atoms with Crippen molar-refractivity contribution in [2.24, 2.45) is 0 Å². The van der Waals surface area contributed by atoms with Crippen molar-refractivity contribution in [2.75, 3.05) is 7.05 Å². The SMILES string of the molecule is CN1[B]CC(=O)c2ccccc2C1=O. The summed E-state index contributed by atoms with van der Waals surface area (Å²) in [5, 5.41) is 0. The van der Waals surface area contributed by atoms with Crippen LogP contribution in [0.15, 0.2) is 24.3 Å². The van der Waals surface area contributed by atoms with Crippen molar-refractivity contribution >= 4 is 19.1 Å². The molecule has 0 bridgehead atoms. The van der Waals surface area contributed by atoms with Gasteiger partial charge in [-0.25, -0.2) is 0 Å². The number of fused-ring (bicyclic) bond motifs is 1. The summed E-state index contributed by atoms with van der Waals surface area (Å²) in [7, 11) is 3.28. The van der Waals surface area contributed by atoms with E-state index in [0.717, 1.165) is 0 Å². The van der Waals surface area contributed by atoms with Gasteiger partial charge in [-0.3, -0.25) is 9.59 Å². The highest BCUT2D eigenvalue weighted by Gasteiger charge is 2.24. The van der Waals surface area contributed by atoms with Crippen LogP contribution in [0.25, 0.3) is 0 Å². The minimum Gasteiger partial charge on any atom is -0.389 e. The number of nitrogens with zero attached hydrogens (tertiary/aromatic N) is 1. The average molecular weight is 186 g/mol. The van der Waals surface area contributed by atoms with Crippen molar-refractivity contribution in [2.45, 2.75) is 6.32 Å². The Morgan fingerprint density at radius 3 is 2.57 bits per heavy atom. The molecule has 69 valence electrons. The minimum absolute atomic E-state index is 0.00157. The largest absolute Gasteiger partial charge is 0.389 e. The van der Waals surface area contributed by atoms with Crippen LogP contribution in [-0.4, -0.2) is 31.0 Å². The van der Waals surface area contributed by atoms with Crippen LogP contribution in [0.4, 0.5) is 0 Å². The predicted octanol–water partition coefficient (Wildman–Crippen LogP) is 0.992. The monoisotopic (exact) mass is 186 g/mol. The average Bonchev–Trinajstić information content (AvgIpc) is 2.33. The molecule has 1 heterocycles. The second kappa shape index (κ2) is 3.29. The second-order valence-electron chi connectivity index (χ2n) is 3.27. The van der Waals surface area contributed by atoms with E-state index in [2.05, 4.69) is 0 Å². The van der Waals surface area contributed by atoms with Crippen LogP contribution in [0.5, 0.6) is 0 Å². The summed E-state index contributed by atoms with van der Waals surface area (Å²) in [4.78, 5) is 24.8. The van der Waals surface area contributed by atoms with Gasteiger partial charge in [-0.1, -0.05) is 18.2 Å². The van der Waals surface area contributed by atoms with E-state index in [1.807, 2.05) is 0 Å². The smallest absolute Gasteiger partial charge is 0.258 e. The Hall–Kier alpha value is -1.58. The summed E-state index contributed by atoms with van der Waals surface area (Å²) in [6, 6.07) is 6.92. The Morgan fingerprint density at radius 1 is 1.21 bits per heavy atom. The van der Waals surface area contributed by atoms with E-state index in [9.17, 15) is 9.59 Å². The molecule has 1 aliphatic rings. The van der Waals surface area contributed by atoms with Crippen molar-refractivity contribution in [1.29, 1.82) is 0 Å². The van der Waals surface area contributed by atoms with Crippen molar-refractivity contribution in [3.05, 3.63) is 35.4 Å². The molecular formula is C10H9BNO2. The van der Waals surface area contributed by atoms with Crippen LogP contribution in [0.2, 0.25) is 6.32 Å². The normalized spacial score (nSPS) is 15.9. The van der Waals surface area contributed by atoms with Crippen LogP contribution in [-0.2, 0) is 0 Å². The Balaban J connectivity index is 2.57. The third-order valence-electron chi connectivity index (χ3n) is 2.33. The van der Waals surface area contributed by atoms with Crippen LogP contribution < -0.4 is 0 Å². The highest BCUT2D eigenvalue weighted by Crippen LogP contribution is 2.16. The van der Waals surface area contributed by atoms with Gasteiger partial charge >= 0.3 is 0 Å². The highest BCUT2D eigenvalue weighted by atomic mass is 16.2. The highest BCUT2D eigenvalue weighted by molar-refractivity contribution is 6.46. The lowest BCUT2D eigenvalue weighted by Gasteiger charge is -2.12. The van der Waals surface area contributed by atoms with E-state index in [4.69, 9.17) is 0 Å². The molecule has 0 unspecified atom stereocenters. The van der Waals surface area contributed by atoms with E-state index in [1.54, 1.807) is 38.7 Å². The molecule has 0 N–H and O–H groups in total. The molecule has 0 saturated heterocycles. The first-order valence-corrected chi connectivity index (χ1v) is 4.43. The summed E-state index contributed by atoms with van der Waals surface area (Å²) in [5.74, 6) is -0.121. The van der Waals surface area contributed by atoms with Crippen LogP contribution in [0, 0.1) is 0 Å². The molecule has 0 spiro atoms. The number of amides is 1. The molecule has 1 aromatic carbocycles. The molecule has 14 heavy (non-hydrogen) atoms. The number of Topliss-reactive ketones (excluding diaryl/α,β-unsaturated/α-hetero) is 1. The van der Waals surface area contributed by atoms with Gasteiger partial charge in [0, 0.05) is 17.4 Å². The zero-order valence-corrected chi connectivity index (χ0v) is 7.86. The lowest BCUT2D eigenvalue weighted by atomic mass is 9.84. The van der Waals surface area contributed by atoms with Crippen LogP contribution >= 0.6 is 0 Å². The maximum absolute atomic E-state index is 11.7. The van der Waals surface area contributed by atoms with Crippen molar-refractivity contribution in [3.63, 3.8) is 0 Å². The molecule has 0 aliphatic carbocycles. The number of carbonyl (C=O) groups is 2. The lowest BCUT2D eigenvalue weighted by Crippen LogP contribution is -2.28. The van der Waals surface area contributed by atoms with Gasteiger partial charge in [0.1, 0.15) is 0 Å². The van der Waals surface area contributed by atoms with Gasteiger partial charge in [-0.2, -0.15) is 0 Å².